The molecule has 2 rings (SSSR count). The Labute approximate surface area is 140 Å². The van der Waals surface area contributed by atoms with Gasteiger partial charge in [0.15, 0.2) is 0 Å². The van der Waals surface area contributed by atoms with Crippen molar-refractivity contribution in [2.45, 2.75) is 12.5 Å². The quantitative estimate of drug-likeness (QED) is 0.758. The molecule has 0 radical (unpaired) electrons. The summed E-state index contributed by atoms with van der Waals surface area (Å²) in [6.45, 7) is 5.38. The number of hydrogen-bond acceptors (Lipinski definition) is 4. The number of rotatable bonds is 7. The summed E-state index contributed by atoms with van der Waals surface area (Å²) in [6, 6.07) is 5.61. The lowest BCUT2D eigenvalue weighted by Gasteiger charge is -2.32. The average molecular weight is 336 g/mol. The molecule has 1 saturated heterocycles. The summed E-state index contributed by atoms with van der Waals surface area (Å²) in [5.74, 6) is -0.134. The Morgan fingerprint density at radius 3 is 2.88 bits per heavy atom. The highest BCUT2D eigenvalue weighted by Crippen LogP contribution is 2.11. The number of ether oxygens (including phenoxy) is 2. The van der Waals surface area contributed by atoms with Gasteiger partial charge in [0, 0.05) is 19.6 Å². The first-order valence-corrected chi connectivity index (χ1v) is 7.76. The van der Waals surface area contributed by atoms with Crippen molar-refractivity contribution in [3.63, 3.8) is 0 Å². The van der Waals surface area contributed by atoms with Gasteiger partial charge in [-0.3, -0.25) is 9.59 Å². The molecule has 0 saturated carbocycles. The predicted octanol–water partition coefficient (Wildman–Crippen LogP) is 1.12. The maximum absolute atomic E-state index is 12.8. The number of carbonyl (C=O) groups is 2. The van der Waals surface area contributed by atoms with Crippen molar-refractivity contribution in [1.82, 2.24) is 10.2 Å². The Morgan fingerprint density at radius 2 is 2.17 bits per heavy atom. The van der Waals surface area contributed by atoms with Crippen LogP contribution in [-0.4, -0.2) is 55.7 Å². The van der Waals surface area contributed by atoms with Crippen molar-refractivity contribution in [2.75, 3.05) is 32.8 Å². The first-order valence-electron chi connectivity index (χ1n) is 7.76. The van der Waals surface area contributed by atoms with E-state index >= 15 is 0 Å². The van der Waals surface area contributed by atoms with Crippen LogP contribution in [0.25, 0.3) is 0 Å². The second kappa shape index (κ2) is 9.02. The highest BCUT2D eigenvalue weighted by atomic mass is 19.1. The predicted molar refractivity (Wildman–Crippen MR) is 86.0 cm³/mol. The number of nitrogens with one attached hydrogen (secondary N) is 1. The zero-order valence-corrected chi connectivity index (χ0v) is 13.4. The molecule has 1 aromatic carbocycles. The van der Waals surface area contributed by atoms with Crippen LogP contribution in [0.15, 0.2) is 36.9 Å². The summed E-state index contributed by atoms with van der Waals surface area (Å²) in [5, 5.41) is 2.76. The summed E-state index contributed by atoms with van der Waals surface area (Å²) in [6.07, 6.45) is 1.22. The number of halogens is 1. The normalized spacial score (nSPS) is 17.2. The number of morpholine rings is 1. The van der Waals surface area contributed by atoms with Crippen molar-refractivity contribution >= 4 is 11.8 Å². The van der Waals surface area contributed by atoms with E-state index in [0.29, 0.717) is 32.0 Å². The van der Waals surface area contributed by atoms with E-state index in [0.717, 1.165) is 0 Å². The third kappa shape index (κ3) is 5.66. The monoisotopic (exact) mass is 336 g/mol. The molecule has 2 amide bonds. The molecule has 130 valence electrons. The van der Waals surface area contributed by atoms with E-state index in [-0.39, 0.29) is 36.8 Å². The molecule has 24 heavy (non-hydrogen) atoms. The SMILES string of the molecule is C=CC(=O)N1CCOC(CNC(=O)CCOc2ccc(F)cc2)C1. The number of carbonyl (C=O) groups excluding carboxylic acids is 2. The number of benzene rings is 1. The van der Waals surface area contributed by atoms with E-state index in [2.05, 4.69) is 11.9 Å². The largest absolute Gasteiger partial charge is 0.493 e. The molecule has 7 heteroatoms. The van der Waals surface area contributed by atoms with E-state index in [1.54, 1.807) is 4.90 Å². The molecule has 1 N–H and O–H groups in total. The van der Waals surface area contributed by atoms with Crippen LogP contribution >= 0.6 is 0 Å². The lowest BCUT2D eigenvalue weighted by molar-refractivity contribution is -0.133. The van der Waals surface area contributed by atoms with Crippen LogP contribution < -0.4 is 10.1 Å². The second-order valence-corrected chi connectivity index (χ2v) is 5.34. The summed E-state index contributed by atoms with van der Waals surface area (Å²) in [4.78, 5) is 25.0. The molecule has 0 bridgehead atoms. The highest BCUT2D eigenvalue weighted by Gasteiger charge is 2.23. The molecule has 1 fully saturated rings. The third-order valence-corrected chi connectivity index (χ3v) is 3.56. The van der Waals surface area contributed by atoms with E-state index < -0.39 is 0 Å². The molecule has 1 aliphatic rings. The molecular formula is C17H21FN2O4. The van der Waals surface area contributed by atoms with Crippen LogP contribution in [-0.2, 0) is 14.3 Å². The van der Waals surface area contributed by atoms with Crippen LogP contribution in [0.3, 0.4) is 0 Å². The van der Waals surface area contributed by atoms with Crippen LogP contribution in [0.1, 0.15) is 6.42 Å². The zero-order chi connectivity index (χ0) is 17.4. The van der Waals surface area contributed by atoms with Crippen molar-refractivity contribution < 1.29 is 23.5 Å². The standard InChI is InChI=1S/C17H21FN2O4/c1-2-17(22)20-8-10-24-15(12-20)11-19-16(21)7-9-23-14-5-3-13(18)4-6-14/h2-6,15H,1,7-12H2,(H,19,21). The van der Waals surface area contributed by atoms with E-state index in [1.807, 2.05) is 0 Å². The average Bonchev–Trinajstić information content (AvgIpc) is 2.61. The molecule has 1 aromatic rings. The fourth-order valence-electron chi connectivity index (χ4n) is 2.28. The van der Waals surface area contributed by atoms with Crippen LogP contribution in [0, 0.1) is 5.82 Å². The molecular weight excluding hydrogens is 315 g/mol. The van der Waals surface area contributed by atoms with Gasteiger partial charge in [0.1, 0.15) is 11.6 Å². The van der Waals surface area contributed by atoms with Gasteiger partial charge < -0.3 is 19.7 Å². The van der Waals surface area contributed by atoms with E-state index in [4.69, 9.17) is 9.47 Å². The topological polar surface area (TPSA) is 67.9 Å². The summed E-state index contributed by atoms with van der Waals surface area (Å²) < 4.78 is 23.6. The minimum atomic E-state index is -0.337. The number of hydrogen-bond donors (Lipinski definition) is 1. The second-order valence-electron chi connectivity index (χ2n) is 5.34. The molecule has 0 aliphatic carbocycles. The summed E-state index contributed by atoms with van der Waals surface area (Å²) in [7, 11) is 0. The van der Waals surface area contributed by atoms with Gasteiger partial charge in [0.25, 0.3) is 0 Å². The molecule has 0 aromatic heterocycles. The first-order chi connectivity index (χ1) is 11.6. The van der Waals surface area contributed by atoms with E-state index in [1.165, 1.54) is 30.3 Å². The number of nitrogens with zero attached hydrogens (tertiary/aromatic N) is 1. The van der Waals surface area contributed by atoms with E-state index in [9.17, 15) is 14.0 Å². The number of amides is 2. The van der Waals surface area contributed by atoms with Crippen LogP contribution in [0.2, 0.25) is 0 Å². The van der Waals surface area contributed by atoms with Gasteiger partial charge in [-0.1, -0.05) is 6.58 Å². The van der Waals surface area contributed by atoms with Crippen LogP contribution in [0.5, 0.6) is 5.75 Å². The highest BCUT2D eigenvalue weighted by molar-refractivity contribution is 5.87. The molecule has 6 nitrogen and oxygen atoms in total. The summed E-state index contributed by atoms with van der Waals surface area (Å²) >= 11 is 0. The maximum Gasteiger partial charge on any atom is 0.246 e. The van der Waals surface area contributed by atoms with Crippen molar-refractivity contribution in [3.8, 4) is 5.75 Å². The Bertz CT molecular complexity index is 576. The van der Waals surface area contributed by atoms with Crippen molar-refractivity contribution in [3.05, 3.63) is 42.7 Å². The fourth-order valence-corrected chi connectivity index (χ4v) is 2.28. The summed E-state index contributed by atoms with van der Waals surface area (Å²) in [5.41, 5.74) is 0. The molecule has 0 spiro atoms. The maximum atomic E-state index is 12.8. The van der Waals surface area contributed by atoms with Gasteiger partial charge in [-0.2, -0.15) is 0 Å². The fraction of sp³-hybridized carbons (Fsp3) is 0.412. The van der Waals surface area contributed by atoms with Crippen molar-refractivity contribution in [2.24, 2.45) is 0 Å². The first kappa shape index (κ1) is 17.9. The molecule has 1 heterocycles. The molecule has 1 atom stereocenters. The van der Waals surface area contributed by atoms with Gasteiger partial charge in [-0.25, -0.2) is 4.39 Å². The van der Waals surface area contributed by atoms with Gasteiger partial charge in [0.2, 0.25) is 11.8 Å². The van der Waals surface area contributed by atoms with Crippen molar-refractivity contribution in [1.29, 1.82) is 0 Å². The Hall–Kier alpha value is -2.41. The molecule has 1 unspecified atom stereocenters. The third-order valence-electron chi connectivity index (χ3n) is 3.56. The van der Waals surface area contributed by atoms with Crippen LogP contribution in [0.4, 0.5) is 4.39 Å². The lowest BCUT2D eigenvalue weighted by Crippen LogP contribution is -2.49. The minimum absolute atomic E-state index is 0.137. The zero-order valence-electron chi connectivity index (χ0n) is 13.4. The minimum Gasteiger partial charge on any atom is -0.493 e. The Morgan fingerprint density at radius 1 is 1.42 bits per heavy atom. The van der Waals surface area contributed by atoms with Gasteiger partial charge in [-0.15, -0.1) is 0 Å². The van der Waals surface area contributed by atoms with Gasteiger partial charge in [-0.05, 0) is 30.3 Å². The smallest absolute Gasteiger partial charge is 0.246 e. The molecule has 1 aliphatic heterocycles. The van der Waals surface area contributed by atoms with Gasteiger partial charge >= 0.3 is 0 Å². The Kier molecular flexibility index (Phi) is 6.74. The Balaban J connectivity index is 1.64. The van der Waals surface area contributed by atoms with Gasteiger partial charge in [0.05, 0.1) is 25.7 Å². The lowest BCUT2D eigenvalue weighted by atomic mass is 10.2.